The zero-order chi connectivity index (χ0) is 13.9. The predicted molar refractivity (Wildman–Crippen MR) is 76.7 cm³/mol. The summed E-state index contributed by atoms with van der Waals surface area (Å²) in [4.78, 5) is 12.4. The Morgan fingerprint density at radius 1 is 1.32 bits per heavy atom. The van der Waals surface area contributed by atoms with E-state index in [2.05, 4.69) is 0 Å². The summed E-state index contributed by atoms with van der Waals surface area (Å²) in [6.45, 7) is 1.94. The van der Waals surface area contributed by atoms with Gasteiger partial charge in [-0.15, -0.1) is 0 Å². The zero-order valence-electron chi connectivity index (χ0n) is 11.9. The van der Waals surface area contributed by atoms with Gasteiger partial charge in [-0.25, -0.2) is 0 Å². The van der Waals surface area contributed by atoms with Crippen molar-refractivity contribution in [2.45, 2.75) is 51.0 Å². The summed E-state index contributed by atoms with van der Waals surface area (Å²) in [5.41, 5.74) is 7.80. The topological polar surface area (TPSA) is 52.3 Å². The summed E-state index contributed by atoms with van der Waals surface area (Å²) in [6, 6.07) is 5.59. The Hall–Kier alpha value is -1.35. The number of aryl methyl sites for hydroxylation is 1. The van der Waals surface area contributed by atoms with Crippen molar-refractivity contribution < 1.29 is 9.53 Å². The van der Waals surface area contributed by atoms with Crippen molar-refractivity contribution in [2.24, 2.45) is 5.73 Å². The number of rotatable bonds is 4. The lowest BCUT2D eigenvalue weighted by molar-refractivity contribution is 0.0934. The third kappa shape index (κ3) is 3.35. The Morgan fingerprint density at radius 3 is 2.58 bits per heavy atom. The summed E-state index contributed by atoms with van der Waals surface area (Å²) in [5.74, 6) is 0.943. The fourth-order valence-corrected chi connectivity index (χ4v) is 2.92. The molecule has 19 heavy (non-hydrogen) atoms. The lowest BCUT2D eigenvalue weighted by Gasteiger charge is -2.32. The molecule has 0 bridgehead atoms. The maximum Gasteiger partial charge on any atom is 0.164 e. The number of methoxy groups -OCH3 is 1. The van der Waals surface area contributed by atoms with E-state index in [-0.39, 0.29) is 11.3 Å². The first-order chi connectivity index (χ1) is 9.04. The maximum atomic E-state index is 12.4. The van der Waals surface area contributed by atoms with Gasteiger partial charge in [0, 0.05) is 17.5 Å². The van der Waals surface area contributed by atoms with Crippen LogP contribution in [0.3, 0.4) is 0 Å². The number of hydrogen-bond donors (Lipinski definition) is 1. The van der Waals surface area contributed by atoms with Crippen LogP contribution in [0.2, 0.25) is 0 Å². The number of benzene rings is 1. The van der Waals surface area contributed by atoms with Gasteiger partial charge in [0.1, 0.15) is 5.75 Å². The molecule has 0 aromatic heterocycles. The molecule has 2 rings (SSSR count). The largest absolute Gasteiger partial charge is 0.497 e. The van der Waals surface area contributed by atoms with Gasteiger partial charge in [-0.2, -0.15) is 0 Å². The van der Waals surface area contributed by atoms with E-state index in [4.69, 9.17) is 10.5 Å². The smallest absolute Gasteiger partial charge is 0.164 e. The Kier molecular flexibility index (Phi) is 4.25. The highest BCUT2D eigenvalue weighted by molar-refractivity contribution is 5.98. The lowest BCUT2D eigenvalue weighted by atomic mass is 9.78. The fraction of sp³-hybridized carbons (Fsp3) is 0.562. The third-order valence-electron chi connectivity index (χ3n) is 4.10. The number of ketones is 1. The molecule has 0 saturated heterocycles. The minimum atomic E-state index is -0.290. The molecule has 1 aliphatic carbocycles. The van der Waals surface area contributed by atoms with Crippen LogP contribution < -0.4 is 10.5 Å². The fourth-order valence-electron chi connectivity index (χ4n) is 2.92. The highest BCUT2D eigenvalue weighted by Gasteiger charge is 2.30. The normalized spacial score (nSPS) is 18.1. The molecular formula is C16H23NO2. The van der Waals surface area contributed by atoms with Gasteiger partial charge in [0.15, 0.2) is 5.78 Å². The van der Waals surface area contributed by atoms with Crippen LogP contribution in [0.1, 0.15) is 54.4 Å². The molecule has 0 aliphatic heterocycles. The summed E-state index contributed by atoms with van der Waals surface area (Å²) >= 11 is 0. The van der Waals surface area contributed by atoms with Crippen molar-refractivity contribution in [3.8, 4) is 5.75 Å². The second kappa shape index (κ2) is 5.74. The quantitative estimate of drug-likeness (QED) is 0.846. The van der Waals surface area contributed by atoms with Crippen LogP contribution in [-0.4, -0.2) is 18.4 Å². The number of carbonyl (C=O) groups is 1. The van der Waals surface area contributed by atoms with E-state index in [1.807, 2.05) is 25.1 Å². The molecule has 1 aromatic carbocycles. The molecule has 1 fully saturated rings. The van der Waals surface area contributed by atoms with Crippen molar-refractivity contribution in [1.82, 2.24) is 0 Å². The van der Waals surface area contributed by atoms with Gasteiger partial charge in [0.05, 0.1) is 7.11 Å². The molecule has 1 aliphatic rings. The second-order valence-electron chi connectivity index (χ2n) is 5.70. The van der Waals surface area contributed by atoms with E-state index in [1.54, 1.807) is 7.11 Å². The van der Waals surface area contributed by atoms with E-state index in [0.717, 1.165) is 42.6 Å². The molecule has 0 spiro atoms. The average Bonchev–Trinajstić information content (AvgIpc) is 2.38. The first-order valence-electron chi connectivity index (χ1n) is 7.01. The number of ether oxygens (including phenoxy) is 1. The molecule has 1 saturated carbocycles. The van der Waals surface area contributed by atoms with E-state index < -0.39 is 0 Å². The van der Waals surface area contributed by atoms with E-state index >= 15 is 0 Å². The highest BCUT2D eigenvalue weighted by atomic mass is 16.5. The standard InChI is InChI=1S/C16H23NO2/c1-12-10-13(19-2)6-7-14(12)15(18)11-16(17)8-4-3-5-9-16/h6-7,10H,3-5,8-9,11,17H2,1-2H3. The second-order valence-corrected chi connectivity index (χ2v) is 5.70. The first kappa shape index (κ1) is 14.1. The summed E-state index contributed by atoms with van der Waals surface area (Å²) < 4.78 is 5.16. The molecule has 0 radical (unpaired) electrons. The zero-order valence-corrected chi connectivity index (χ0v) is 11.9. The summed E-state index contributed by atoms with van der Waals surface area (Å²) in [7, 11) is 1.63. The Morgan fingerprint density at radius 2 is 2.00 bits per heavy atom. The van der Waals surface area contributed by atoms with Crippen molar-refractivity contribution >= 4 is 5.78 Å². The molecule has 1 aromatic rings. The Labute approximate surface area is 115 Å². The van der Waals surface area contributed by atoms with Crippen LogP contribution in [-0.2, 0) is 0 Å². The number of Topliss-reactive ketones (excluding diaryl/α,β-unsaturated/α-hetero) is 1. The predicted octanol–water partition coefficient (Wildman–Crippen LogP) is 3.24. The van der Waals surface area contributed by atoms with Crippen LogP contribution in [0.4, 0.5) is 0 Å². The number of hydrogen-bond acceptors (Lipinski definition) is 3. The average molecular weight is 261 g/mol. The van der Waals surface area contributed by atoms with E-state index in [0.29, 0.717) is 6.42 Å². The van der Waals surface area contributed by atoms with Gasteiger partial charge < -0.3 is 10.5 Å². The van der Waals surface area contributed by atoms with Crippen molar-refractivity contribution in [2.75, 3.05) is 7.11 Å². The third-order valence-corrected chi connectivity index (χ3v) is 4.10. The molecule has 104 valence electrons. The number of carbonyl (C=O) groups excluding carboxylic acids is 1. The monoisotopic (exact) mass is 261 g/mol. The van der Waals surface area contributed by atoms with Crippen molar-refractivity contribution in [3.63, 3.8) is 0 Å². The molecule has 2 N–H and O–H groups in total. The van der Waals surface area contributed by atoms with E-state index in [9.17, 15) is 4.79 Å². The molecule has 0 amide bonds. The SMILES string of the molecule is COc1ccc(C(=O)CC2(N)CCCCC2)c(C)c1. The minimum absolute atomic E-state index is 0.157. The van der Waals surface area contributed by atoms with Gasteiger partial charge in [-0.1, -0.05) is 19.3 Å². The van der Waals surface area contributed by atoms with Crippen LogP contribution in [0.25, 0.3) is 0 Å². The van der Waals surface area contributed by atoms with Crippen LogP contribution in [0.15, 0.2) is 18.2 Å². The van der Waals surface area contributed by atoms with E-state index in [1.165, 1.54) is 6.42 Å². The highest BCUT2D eigenvalue weighted by Crippen LogP contribution is 2.30. The summed E-state index contributed by atoms with van der Waals surface area (Å²) in [6.07, 6.45) is 5.92. The van der Waals surface area contributed by atoms with Gasteiger partial charge in [-0.05, 0) is 43.5 Å². The van der Waals surface area contributed by atoms with Gasteiger partial charge in [0.2, 0.25) is 0 Å². The van der Waals surface area contributed by atoms with Crippen LogP contribution >= 0.6 is 0 Å². The Balaban J connectivity index is 2.11. The van der Waals surface area contributed by atoms with Crippen molar-refractivity contribution in [1.29, 1.82) is 0 Å². The van der Waals surface area contributed by atoms with Crippen molar-refractivity contribution in [3.05, 3.63) is 29.3 Å². The van der Waals surface area contributed by atoms with Gasteiger partial charge in [-0.3, -0.25) is 4.79 Å². The number of nitrogens with two attached hydrogens (primary N) is 1. The van der Waals surface area contributed by atoms with Gasteiger partial charge in [0.25, 0.3) is 0 Å². The molecule has 0 atom stereocenters. The maximum absolute atomic E-state index is 12.4. The first-order valence-corrected chi connectivity index (χ1v) is 7.01. The van der Waals surface area contributed by atoms with Gasteiger partial charge >= 0.3 is 0 Å². The molecular weight excluding hydrogens is 238 g/mol. The molecule has 3 nitrogen and oxygen atoms in total. The Bertz CT molecular complexity index is 462. The van der Waals surface area contributed by atoms with Crippen LogP contribution in [0.5, 0.6) is 5.75 Å². The molecule has 0 unspecified atom stereocenters. The molecule has 3 heteroatoms. The summed E-state index contributed by atoms with van der Waals surface area (Å²) in [5, 5.41) is 0. The molecule has 0 heterocycles. The lowest BCUT2D eigenvalue weighted by Crippen LogP contribution is -2.43. The minimum Gasteiger partial charge on any atom is -0.497 e. The van der Waals surface area contributed by atoms with Crippen LogP contribution in [0, 0.1) is 6.92 Å².